The summed E-state index contributed by atoms with van der Waals surface area (Å²) in [6.45, 7) is 2.07. The molecule has 0 N–H and O–H groups in total. The fourth-order valence-corrected chi connectivity index (χ4v) is 3.08. The third kappa shape index (κ3) is 1.65. The van der Waals surface area contributed by atoms with Gasteiger partial charge in [0.15, 0.2) is 5.78 Å². The van der Waals surface area contributed by atoms with E-state index in [0.717, 1.165) is 12.0 Å². The van der Waals surface area contributed by atoms with E-state index >= 15 is 0 Å². The van der Waals surface area contributed by atoms with Gasteiger partial charge in [0.05, 0.1) is 6.04 Å². The van der Waals surface area contributed by atoms with Crippen molar-refractivity contribution in [1.82, 2.24) is 0 Å². The Morgan fingerprint density at radius 1 is 1.62 bits per heavy atom. The van der Waals surface area contributed by atoms with Gasteiger partial charge in [0.1, 0.15) is 0 Å². The molecule has 2 aliphatic rings. The van der Waals surface area contributed by atoms with Crippen LogP contribution < -0.4 is 0 Å². The molecular weight excluding hydrogens is 218 g/mol. The van der Waals surface area contributed by atoms with Crippen LogP contribution in [0.15, 0.2) is 28.1 Å². The number of aliphatic imine (C=N–C) groups is 1. The van der Waals surface area contributed by atoms with Gasteiger partial charge in [-0.05, 0) is 36.4 Å². The van der Waals surface area contributed by atoms with Crippen molar-refractivity contribution in [3.63, 3.8) is 0 Å². The Bertz CT molecular complexity index is 498. The van der Waals surface area contributed by atoms with Gasteiger partial charge in [-0.1, -0.05) is 0 Å². The highest BCUT2D eigenvalue weighted by Gasteiger charge is 2.43. The van der Waals surface area contributed by atoms with Crippen LogP contribution in [0, 0.1) is 12.8 Å². The van der Waals surface area contributed by atoms with Crippen molar-refractivity contribution in [3.8, 4) is 0 Å². The number of hydrogen-bond donors (Lipinski definition) is 0. The van der Waals surface area contributed by atoms with Crippen molar-refractivity contribution in [2.24, 2.45) is 10.9 Å². The lowest BCUT2D eigenvalue weighted by Gasteiger charge is -2.06. The van der Waals surface area contributed by atoms with Crippen LogP contribution >= 0.6 is 11.3 Å². The average Bonchev–Trinajstić information content (AvgIpc) is 2.97. The second-order valence-electron chi connectivity index (χ2n) is 4.46. The van der Waals surface area contributed by atoms with Crippen molar-refractivity contribution >= 4 is 23.3 Å². The number of aryl methyl sites for hydroxylation is 1. The lowest BCUT2D eigenvalue weighted by Crippen LogP contribution is -2.11. The van der Waals surface area contributed by atoms with Gasteiger partial charge in [0.2, 0.25) is 0 Å². The monoisotopic (exact) mass is 231 g/mol. The third-order valence-electron chi connectivity index (χ3n) is 3.30. The van der Waals surface area contributed by atoms with Crippen molar-refractivity contribution in [1.29, 1.82) is 0 Å². The molecule has 1 aromatic rings. The Labute approximate surface area is 98.7 Å². The number of rotatable bonds is 3. The number of hydrogen-bond acceptors (Lipinski definition) is 3. The van der Waals surface area contributed by atoms with Gasteiger partial charge in [-0.15, -0.1) is 11.3 Å². The molecule has 0 aromatic carbocycles. The molecule has 2 atom stereocenters. The van der Waals surface area contributed by atoms with Gasteiger partial charge in [-0.2, -0.15) is 0 Å². The first-order chi connectivity index (χ1) is 7.75. The first-order valence-electron chi connectivity index (χ1n) is 5.55. The molecule has 82 valence electrons. The summed E-state index contributed by atoms with van der Waals surface area (Å²) >= 11 is 1.68. The molecule has 3 heteroatoms. The Balaban J connectivity index is 1.77. The first-order valence-corrected chi connectivity index (χ1v) is 6.43. The molecule has 16 heavy (non-hydrogen) atoms. The fraction of sp³-hybridized carbons (Fsp3) is 0.385. The van der Waals surface area contributed by atoms with Crippen LogP contribution in [0.25, 0.3) is 0 Å². The van der Waals surface area contributed by atoms with Gasteiger partial charge < -0.3 is 0 Å². The predicted molar refractivity (Wildman–Crippen MR) is 66.2 cm³/mol. The SMILES string of the molecule is Cc1ccsc1CC(=O)C1=CC=NC2CC12. The molecule has 1 fully saturated rings. The van der Waals surface area contributed by atoms with Gasteiger partial charge >= 0.3 is 0 Å². The van der Waals surface area contributed by atoms with Gasteiger partial charge in [-0.25, -0.2) is 0 Å². The summed E-state index contributed by atoms with van der Waals surface area (Å²) in [5, 5.41) is 2.05. The molecule has 0 saturated heterocycles. The standard InChI is InChI=1S/C13H13NOS/c1-8-3-5-16-13(8)7-12(15)9-2-4-14-11-6-10(9)11/h2-5,10-11H,6-7H2,1H3. The van der Waals surface area contributed by atoms with Crippen LogP contribution in [0.4, 0.5) is 0 Å². The zero-order valence-corrected chi connectivity index (χ0v) is 9.96. The molecule has 1 aromatic heterocycles. The van der Waals surface area contributed by atoms with Crippen LogP contribution in [0.2, 0.25) is 0 Å². The molecule has 1 aliphatic carbocycles. The second-order valence-corrected chi connectivity index (χ2v) is 5.46. The summed E-state index contributed by atoms with van der Waals surface area (Å²) in [6.07, 6.45) is 5.33. The van der Waals surface area contributed by atoms with Gasteiger partial charge in [-0.3, -0.25) is 9.79 Å². The Morgan fingerprint density at radius 2 is 2.50 bits per heavy atom. The van der Waals surface area contributed by atoms with Crippen molar-refractivity contribution < 1.29 is 4.79 Å². The third-order valence-corrected chi connectivity index (χ3v) is 4.32. The molecule has 1 saturated carbocycles. The van der Waals surface area contributed by atoms with E-state index in [2.05, 4.69) is 23.4 Å². The van der Waals surface area contributed by atoms with Crippen molar-refractivity contribution in [2.45, 2.75) is 25.8 Å². The zero-order valence-electron chi connectivity index (χ0n) is 9.14. The van der Waals surface area contributed by atoms with Gasteiger partial charge in [0.25, 0.3) is 0 Å². The fourth-order valence-electron chi connectivity index (χ4n) is 2.17. The van der Waals surface area contributed by atoms with E-state index in [4.69, 9.17) is 0 Å². The number of ketones is 1. The number of thiophene rings is 1. The Kier molecular flexibility index (Phi) is 2.28. The van der Waals surface area contributed by atoms with Crippen molar-refractivity contribution in [2.75, 3.05) is 0 Å². The van der Waals surface area contributed by atoms with E-state index < -0.39 is 0 Å². The average molecular weight is 231 g/mol. The smallest absolute Gasteiger partial charge is 0.164 e. The van der Waals surface area contributed by atoms with Gasteiger partial charge in [0, 0.05) is 29.0 Å². The summed E-state index contributed by atoms with van der Waals surface area (Å²) < 4.78 is 0. The summed E-state index contributed by atoms with van der Waals surface area (Å²) in [5.74, 6) is 0.710. The van der Waals surface area contributed by atoms with Crippen LogP contribution in [0.3, 0.4) is 0 Å². The molecule has 0 radical (unpaired) electrons. The van der Waals surface area contributed by atoms with Crippen LogP contribution in [-0.2, 0) is 11.2 Å². The molecule has 2 nitrogen and oxygen atoms in total. The van der Waals surface area contributed by atoms with Crippen LogP contribution in [-0.4, -0.2) is 18.0 Å². The number of Topliss-reactive ketones (excluding diaryl/α,β-unsaturated/α-hetero) is 1. The summed E-state index contributed by atoms with van der Waals surface area (Å²) in [6, 6.07) is 2.48. The molecule has 2 unspecified atom stereocenters. The van der Waals surface area contributed by atoms with E-state index in [0.29, 0.717) is 18.4 Å². The highest BCUT2D eigenvalue weighted by Crippen LogP contribution is 2.42. The van der Waals surface area contributed by atoms with E-state index in [-0.39, 0.29) is 5.78 Å². The molecule has 2 heterocycles. The number of nitrogens with zero attached hydrogens (tertiary/aromatic N) is 1. The first kappa shape index (κ1) is 9.97. The highest BCUT2D eigenvalue weighted by molar-refractivity contribution is 7.10. The highest BCUT2D eigenvalue weighted by atomic mass is 32.1. The van der Waals surface area contributed by atoms with E-state index in [1.165, 1.54) is 10.4 Å². The Morgan fingerprint density at radius 3 is 3.25 bits per heavy atom. The maximum atomic E-state index is 12.1. The Hall–Kier alpha value is -1.22. The lowest BCUT2D eigenvalue weighted by atomic mass is 10.0. The van der Waals surface area contributed by atoms with Crippen LogP contribution in [0.5, 0.6) is 0 Å². The lowest BCUT2D eigenvalue weighted by molar-refractivity contribution is -0.115. The molecule has 0 bridgehead atoms. The second kappa shape index (κ2) is 3.67. The minimum atomic E-state index is 0.282. The molecular formula is C13H13NOS. The van der Waals surface area contributed by atoms with Crippen LogP contribution in [0.1, 0.15) is 16.9 Å². The normalized spacial score (nSPS) is 26.2. The molecule has 0 spiro atoms. The zero-order chi connectivity index (χ0) is 11.1. The summed E-state index contributed by atoms with van der Waals surface area (Å²) in [4.78, 5) is 17.6. The van der Waals surface area contributed by atoms with E-state index in [1.807, 2.05) is 6.08 Å². The minimum absolute atomic E-state index is 0.282. The molecule has 1 aliphatic heterocycles. The van der Waals surface area contributed by atoms with Crippen molar-refractivity contribution in [3.05, 3.63) is 33.5 Å². The maximum Gasteiger partial charge on any atom is 0.164 e. The largest absolute Gasteiger partial charge is 0.294 e. The minimum Gasteiger partial charge on any atom is -0.294 e. The predicted octanol–water partition coefficient (Wildman–Crippen LogP) is 2.57. The summed E-state index contributed by atoms with van der Waals surface area (Å²) in [5.41, 5.74) is 2.23. The molecule has 3 rings (SSSR count). The number of carbonyl (C=O) groups excluding carboxylic acids is 1. The van der Waals surface area contributed by atoms with E-state index in [9.17, 15) is 4.79 Å². The quantitative estimate of drug-likeness (QED) is 0.786. The number of allylic oxidation sites excluding steroid dienone is 1. The molecule has 0 amide bonds. The number of fused-ring (bicyclic) bond motifs is 1. The number of dihydropyridines is 1. The summed E-state index contributed by atoms with van der Waals surface area (Å²) in [7, 11) is 0. The maximum absolute atomic E-state index is 12.1. The van der Waals surface area contributed by atoms with E-state index in [1.54, 1.807) is 17.6 Å². The topological polar surface area (TPSA) is 29.4 Å². The number of carbonyl (C=O) groups is 1.